The van der Waals surface area contributed by atoms with E-state index in [1.165, 1.54) is 29.5 Å². The predicted octanol–water partition coefficient (Wildman–Crippen LogP) is 4.93. The number of H-pyrrole nitrogens is 1. The molecule has 2 heterocycles. The van der Waals surface area contributed by atoms with E-state index >= 15 is 0 Å². The molecule has 0 saturated carbocycles. The van der Waals surface area contributed by atoms with E-state index < -0.39 is 0 Å². The Morgan fingerprint density at radius 3 is 2.58 bits per heavy atom. The maximum absolute atomic E-state index is 13.2. The van der Waals surface area contributed by atoms with E-state index in [4.69, 9.17) is 10.7 Å². The van der Waals surface area contributed by atoms with Crippen LogP contribution in [0.1, 0.15) is 35.1 Å². The van der Waals surface area contributed by atoms with Crippen LogP contribution in [0.4, 0.5) is 0 Å². The Morgan fingerprint density at radius 1 is 0.939 bits per heavy atom. The lowest BCUT2D eigenvalue weighted by Crippen LogP contribution is -2.12. The monoisotopic (exact) mass is 434 g/mol. The maximum atomic E-state index is 13.2. The van der Waals surface area contributed by atoms with Gasteiger partial charge in [-0.05, 0) is 66.1 Å². The highest BCUT2D eigenvalue weighted by atomic mass is 16.1. The molecule has 2 aromatic heterocycles. The Morgan fingerprint density at radius 2 is 1.73 bits per heavy atom. The first-order valence-electron chi connectivity index (χ1n) is 11.6. The minimum atomic E-state index is -0.147. The second kappa shape index (κ2) is 8.01. The molecule has 0 bridgehead atoms. The summed E-state index contributed by atoms with van der Waals surface area (Å²) in [6.07, 6.45) is 6.65. The Kier molecular flexibility index (Phi) is 4.84. The molecule has 5 nitrogen and oxygen atoms in total. The van der Waals surface area contributed by atoms with E-state index in [9.17, 15) is 4.79 Å². The molecule has 164 valence electrons. The van der Waals surface area contributed by atoms with Gasteiger partial charge < -0.3 is 15.3 Å². The number of aromatic amines is 1. The van der Waals surface area contributed by atoms with Crippen LogP contribution >= 0.6 is 0 Å². The van der Waals surface area contributed by atoms with Crippen LogP contribution in [0.15, 0.2) is 71.7 Å². The van der Waals surface area contributed by atoms with Crippen LogP contribution in [0.5, 0.6) is 0 Å². The van der Waals surface area contributed by atoms with Crippen molar-refractivity contribution in [3.8, 4) is 11.3 Å². The molecule has 0 radical (unpaired) electrons. The zero-order valence-corrected chi connectivity index (χ0v) is 18.5. The average molecular weight is 435 g/mol. The molecule has 3 aromatic carbocycles. The molecule has 1 aliphatic carbocycles. The molecule has 6 rings (SSSR count). The van der Waals surface area contributed by atoms with Crippen molar-refractivity contribution >= 4 is 21.9 Å². The van der Waals surface area contributed by atoms with Gasteiger partial charge in [0.1, 0.15) is 5.69 Å². The molecule has 0 spiro atoms. The number of nitrogens with zero attached hydrogens (tertiary/aromatic N) is 2. The summed E-state index contributed by atoms with van der Waals surface area (Å²) >= 11 is 0. The summed E-state index contributed by atoms with van der Waals surface area (Å²) < 4.78 is 2.19. The standard InChI is InChI=1S/C28H26N4O/c29-15-18-6-5-7-19(12-18)16-32-17-23(22-10-3-4-11-26(22)32)27-28(33)31-25-14-21-9-2-1-8-20(21)13-24(25)30-27/h3-7,10-14,17H,1-2,8-9,15-16,29H2,(H,31,33). The van der Waals surface area contributed by atoms with Crippen molar-refractivity contribution in [2.24, 2.45) is 5.73 Å². The molecule has 33 heavy (non-hydrogen) atoms. The zero-order chi connectivity index (χ0) is 22.4. The Bertz CT molecular complexity index is 1560. The SMILES string of the molecule is NCc1cccc(Cn2cc(-c3nc4cc5c(cc4[nH]c3=O)CCCC5)c3ccccc32)c1. The highest BCUT2D eigenvalue weighted by molar-refractivity contribution is 5.96. The average Bonchev–Trinajstić information content (AvgIpc) is 3.20. The topological polar surface area (TPSA) is 76.7 Å². The lowest BCUT2D eigenvalue weighted by Gasteiger charge is -2.16. The number of aromatic nitrogens is 3. The number of nitrogens with one attached hydrogen (secondary N) is 1. The number of aryl methyl sites for hydroxylation is 2. The van der Waals surface area contributed by atoms with E-state index in [1.807, 2.05) is 24.3 Å². The minimum Gasteiger partial charge on any atom is -0.342 e. The number of benzene rings is 3. The van der Waals surface area contributed by atoms with Gasteiger partial charge in [0.15, 0.2) is 0 Å². The molecule has 0 saturated heterocycles. The summed E-state index contributed by atoms with van der Waals surface area (Å²) in [6, 6.07) is 20.8. The van der Waals surface area contributed by atoms with Gasteiger partial charge >= 0.3 is 0 Å². The van der Waals surface area contributed by atoms with Gasteiger partial charge in [-0.2, -0.15) is 0 Å². The van der Waals surface area contributed by atoms with Gasteiger partial charge in [-0.1, -0.05) is 42.5 Å². The maximum Gasteiger partial charge on any atom is 0.275 e. The number of rotatable bonds is 4. The van der Waals surface area contributed by atoms with Gasteiger partial charge in [-0.25, -0.2) is 4.98 Å². The first-order valence-corrected chi connectivity index (χ1v) is 11.6. The highest BCUT2D eigenvalue weighted by Gasteiger charge is 2.17. The van der Waals surface area contributed by atoms with E-state index in [-0.39, 0.29) is 5.56 Å². The van der Waals surface area contributed by atoms with Crippen molar-refractivity contribution in [3.63, 3.8) is 0 Å². The molecule has 0 fully saturated rings. The van der Waals surface area contributed by atoms with Crippen molar-refractivity contribution in [2.75, 3.05) is 0 Å². The lowest BCUT2D eigenvalue weighted by atomic mass is 9.91. The normalized spacial score (nSPS) is 13.5. The summed E-state index contributed by atoms with van der Waals surface area (Å²) in [6.45, 7) is 1.22. The van der Waals surface area contributed by atoms with Crippen LogP contribution in [0.25, 0.3) is 33.2 Å². The quantitative estimate of drug-likeness (QED) is 0.421. The summed E-state index contributed by atoms with van der Waals surface area (Å²) in [5.74, 6) is 0. The molecule has 0 unspecified atom stereocenters. The Labute approximate surface area is 191 Å². The second-order valence-electron chi connectivity index (χ2n) is 8.97. The molecule has 0 atom stereocenters. The largest absolute Gasteiger partial charge is 0.342 e. The van der Waals surface area contributed by atoms with Crippen LogP contribution in [0.2, 0.25) is 0 Å². The Balaban J connectivity index is 1.50. The van der Waals surface area contributed by atoms with Gasteiger partial charge in [0, 0.05) is 35.8 Å². The molecule has 1 aliphatic rings. The fraction of sp³-hybridized carbons (Fsp3) is 0.214. The molecule has 0 amide bonds. The Hall–Kier alpha value is -3.70. The predicted molar refractivity (Wildman–Crippen MR) is 133 cm³/mol. The van der Waals surface area contributed by atoms with Crippen LogP contribution in [0.3, 0.4) is 0 Å². The minimum absolute atomic E-state index is 0.147. The van der Waals surface area contributed by atoms with E-state index in [0.29, 0.717) is 18.8 Å². The van der Waals surface area contributed by atoms with Gasteiger partial charge in [0.2, 0.25) is 0 Å². The third kappa shape index (κ3) is 3.55. The number of nitrogens with two attached hydrogens (primary N) is 1. The lowest BCUT2D eigenvalue weighted by molar-refractivity contribution is 0.686. The fourth-order valence-electron chi connectivity index (χ4n) is 5.12. The summed E-state index contributed by atoms with van der Waals surface area (Å²) in [5.41, 5.74) is 14.8. The number of hydrogen-bond donors (Lipinski definition) is 2. The first-order chi connectivity index (χ1) is 16.2. The molecular weight excluding hydrogens is 408 g/mol. The summed E-state index contributed by atoms with van der Waals surface area (Å²) in [7, 11) is 0. The highest BCUT2D eigenvalue weighted by Crippen LogP contribution is 2.30. The van der Waals surface area contributed by atoms with E-state index in [1.54, 1.807) is 0 Å². The molecule has 3 N–H and O–H groups in total. The van der Waals surface area contributed by atoms with Crippen molar-refractivity contribution < 1.29 is 0 Å². The van der Waals surface area contributed by atoms with E-state index in [0.717, 1.165) is 45.9 Å². The van der Waals surface area contributed by atoms with Crippen molar-refractivity contribution in [2.45, 2.75) is 38.8 Å². The van der Waals surface area contributed by atoms with Crippen LogP contribution in [-0.4, -0.2) is 14.5 Å². The van der Waals surface area contributed by atoms with E-state index in [2.05, 4.69) is 52.1 Å². The zero-order valence-electron chi connectivity index (χ0n) is 18.5. The van der Waals surface area contributed by atoms with Crippen molar-refractivity contribution in [1.82, 2.24) is 14.5 Å². The second-order valence-corrected chi connectivity index (χ2v) is 8.97. The molecular formula is C28H26N4O. The van der Waals surface area contributed by atoms with Crippen LogP contribution in [0, 0.1) is 0 Å². The van der Waals surface area contributed by atoms with Crippen LogP contribution in [-0.2, 0) is 25.9 Å². The smallest absolute Gasteiger partial charge is 0.275 e. The van der Waals surface area contributed by atoms with Gasteiger partial charge in [-0.3, -0.25) is 4.79 Å². The first kappa shape index (κ1) is 19.9. The van der Waals surface area contributed by atoms with Crippen molar-refractivity contribution in [3.05, 3.63) is 99.5 Å². The third-order valence-electron chi connectivity index (χ3n) is 6.78. The number of para-hydroxylation sites is 1. The third-order valence-corrected chi connectivity index (χ3v) is 6.78. The van der Waals surface area contributed by atoms with Gasteiger partial charge in [0.05, 0.1) is 11.0 Å². The molecule has 0 aliphatic heterocycles. The number of hydrogen-bond acceptors (Lipinski definition) is 3. The summed E-state index contributed by atoms with van der Waals surface area (Å²) in [5, 5.41) is 1.03. The molecule has 5 aromatic rings. The fourth-order valence-corrected chi connectivity index (χ4v) is 5.12. The number of fused-ring (bicyclic) bond motifs is 3. The van der Waals surface area contributed by atoms with Crippen molar-refractivity contribution in [1.29, 1.82) is 0 Å². The van der Waals surface area contributed by atoms with Gasteiger partial charge in [-0.15, -0.1) is 0 Å². The van der Waals surface area contributed by atoms with Crippen LogP contribution < -0.4 is 11.3 Å². The summed E-state index contributed by atoms with van der Waals surface area (Å²) in [4.78, 5) is 21.1. The van der Waals surface area contributed by atoms with Gasteiger partial charge in [0.25, 0.3) is 5.56 Å². The molecule has 5 heteroatoms.